The number of amides is 1. The van der Waals surface area contributed by atoms with Gasteiger partial charge in [-0.1, -0.05) is 6.08 Å². The number of morpholine rings is 1. The number of methoxy groups -OCH3 is 1. The van der Waals surface area contributed by atoms with Gasteiger partial charge in [0.2, 0.25) is 0 Å². The summed E-state index contributed by atoms with van der Waals surface area (Å²) in [4.78, 5) is 24.9. The van der Waals surface area contributed by atoms with Crippen molar-refractivity contribution in [2.24, 2.45) is 4.99 Å². The normalized spacial score (nSPS) is 21.3. The van der Waals surface area contributed by atoms with Crippen LogP contribution in [-0.4, -0.2) is 68.5 Å². The highest BCUT2D eigenvalue weighted by molar-refractivity contribution is 8.18. The number of amidine groups is 1. The number of nitrogens with zero attached hydrogens (tertiary/aromatic N) is 4. The summed E-state index contributed by atoms with van der Waals surface area (Å²) in [5.41, 5.74) is 6.33. The molecule has 0 saturated carbocycles. The van der Waals surface area contributed by atoms with Gasteiger partial charge >= 0.3 is 0 Å². The number of aliphatic imine (C=N–C) groups is 1. The predicted molar refractivity (Wildman–Crippen MR) is 159 cm³/mol. The number of carbonyl (C=O) groups is 1. The van der Waals surface area contributed by atoms with Crippen LogP contribution in [0, 0.1) is 0 Å². The molecule has 2 aromatic carbocycles. The molecule has 3 heterocycles. The van der Waals surface area contributed by atoms with Gasteiger partial charge in [-0.05, 0) is 81.4 Å². The highest BCUT2D eigenvalue weighted by atomic mass is 32.2. The Morgan fingerprint density at radius 3 is 2.53 bits per heavy atom. The Bertz CT molecular complexity index is 1320. The summed E-state index contributed by atoms with van der Waals surface area (Å²) in [6, 6.07) is 12.4. The molecule has 0 aromatic heterocycles. The first kappa shape index (κ1) is 26.4. The summed E-state index contributed by atoms with van der Waals surface area (Å²) < 4.78 is 11.2. The minimum absolute atomic E-state index is 0.0676. The highest BCUT2D eigenvalue weighted by Gasteiger charge is 2.33. The molecule has 0 radical (unpaired) electrons. The van der Waals surface area contributed by atoms with E-state index >= 15 is 0 Å². The molecule has 200 valence electrons. The van der Waals surface area contributed by atoms with E-state index in [1.54, 1.807) is 19.1 Å². The van der Waals surface area contributed by atoms with Gasteiger partial charge in [-0.3, -0.25) is 9.69 Å². The minimum atomic E-state index is -0.0808. The maximum absolute atomic E-state index is 13.2. The third-order valence-electron chi connectivity index (χ3n) is 7.39. The molecule has 0 unspecified atom stereocenters. The van der Waals surface area contributed by atoms with E-state index in [2.05, 4.69) is 67.8 Å². The molecule has 0 aliphatic carbocycles. The Morgan fingerprint density at radius 1 is 1.16 bits per heavy atom. The van der Waals surface area contributed by atoms with Crippen molar-refractivity contribution in [3.05, 3.63) is 58.5 Å². The number of benzene rings is 2. The van der Waals surface area contributed by atoms with Crippen molar-refractivity contribution < 1.29 is 14.3 Å². The predicted octanol–water partition coefficient (Wildman–Crippen LogP) is 5.79. The number of hydrogen-bond acceptors (Lipinski definition) is 7. The lowest BCUT2D eigenvalue weighted by molar-refractivity contribution is -0.121. The van der Waals surface area contributed by atoms with E-state index in [0.29, 0.717) is 10.1 Å². The fourth-order valence-corrected chi connectivity index (χ4v) is 6.43. The second kappa shape index (κ2) is 10.5. The Morgan fingerprint density at radius 2 is 1.87 bits per heavy atom. The first-order chi connectivity index (χ1) is 18.2. The smallest absolute Gasteiger partial charge is 0.266 e. The number of rotatable bonds is 5. The molecular weight excluding hydrogens is 496 g/mol. The van der Waals surface area contributed by atoms with Gasteiger partial charge in [0.25, 0.3) is 5.91 Å². The van der Waals surface area contributed by atoms with E-state index in [-0.39, 0.29) is 11.4 Å². The second-order valence-electron chi connectivity index (χ2n) is 10.3. The monoisotopic (exact) mass is 532 g/mol. The van der Waals surface area contributed by atoms with Gasteiger partial charge in [0.1, 0.15) is 5.75 Å². The number of anilines is 2. The van der Waals surface area contributed by atoms with E-state index < -0.39 is 0 Å². The standard InChI is InChI=1S/C30H36N4O3S/c1-7-34-25-18-26(36-6)21(16-24(25)20(2)19-30(34,3)4)17-27-28(35)32(5)29(38-27)31-22-8-10-23(11-9-22)33-12-14-37-15-13-33/h8-11,16-19H,7,12-15H2,1-6H3/b27-17+,31-29?. The average Bonchev–Trinajstić information content (AvgIpc) is 3.17. The SMILES string of the molecule is CCN1c2cc(OC)c(/C=C3/SC(=Nc4ccc(N5CCOCC5)cc4)N(C)C3=O)cc2C(C)=CC1(C)C. The van der Waals surface area contributed by atoms with Crippen LogP contribution in [0.1, 0.15) is 38.8 Å². The molecule has 2 aromatic rings. The third-order valence-corrected chi connectivity index (χ3v) is 8.45. The number of carbonyl (C=O) groups excluding carboxylic acids is 1. The van der Waals surface area contributed by atoms with Gasteiger partial charge in [-0.15, -0.1) is 0 Å². The molecule has 2 saturated heterocycles. The average molecular weight is 533 g/mol. The van der Waals surface area contributed by atoms with Crippen molar-refractivity contribution in [2.45, 2.75) is 33.2 Å². The zero-order valence-electron chi connectivity index (χ0n) is 23.1. The minimum Gasteiger partial charge on any atom is -0.496 e. The number of fused-ring (bicyclic) bond motifs is 1. The molecule has 7 nitrogen and oxygen atoms in total. The van der Waals surface area contributed by atoms with Crippen molar-refractivity contribution in [3.8, 4) is 5.75 Å². The summed E-state index contributed by atoms with van der Waals surface area (Å²) in [5, 5.41) is 0.660. The molecular formula is C30H36N4O3S. The molecule has 0 N–H and O–H groups in total. The van der Waals surface area contributed by atoms with Crippen LogP contribution in [0.3, 0.4) is 0 Å². The van der Waals surface area contributed by atoms with Crippen LogP contribution in [0.15, 0.2) is 52.4 Å². The fraction of sp³-hybridized carbons (Fsp3) is 0.400. The van der Waals surface area contributed by atoms with Crippen molar-refractivity contribution in [3.63, 3.8) is 0 Å². The maximum Gasteiger partial charge on any atom is 0.266 e. The van der Waals surface area contributed by atoms with Crippen molar-refractivity contribution >= 4 is 51.5 Å². The summed E-state index contributed by atoms with van der Waals surface area (Å²) >= 11 is 1.39. The first-order valence-corrected chi connectivity index (χ1v) is 13.9. The maximum atomic E-state index is 13.2. The number of hydrogen-bond donors (Lipinski definition) is 0. The fourth-order valence-electron chi connectivity index (χ4n) is 5.45. The van der Waals surface area contributed by atoms with Gasteiger partial charge in [0.15, 0.2) is 5.17 Å². The molecule has 8 heteroatoms. The summed E-state index contributed by atoms with van der Waals surface area (Å²) in [5.74, 6) is 0.683. The van der Waals surface area contributed by atoms with Crippen LogP contribution in [0.2, 0.25) is 0 Å². The van der Waals surface area contributed by atoms with Crippen LogP contribution in [0.4, 0.5) is 17.1 Å². The van der Waals surface area contributed by atoms with Gasteiger partial charge in [-0.25, -0.2) is 4.99 Å². The van der Waals surface area contributed by atoms with E-state index in [4.69, 9.17) is 14.5 Å². The van der Waals surface area contributed by atoms with Crippen molar-refractivity contribution in [1.82, 2.24) is 4.90 Å². The molecule has 5 rings (SSSR count). The van der Waals surface area contributed by atoms with Gasteiger partial charge in [0.05, 0.1) is 36.5 Å². The largest absolute Gasteiger partial charge is 0.496 e. The van der Waals surface area contributed by atoms with Crippen molar-refractivity contribution in [2.75, 3.05) is 56.8 Å². The first-order valence-electron chi connectivity index (χ1n) is 13.1. The molecule has 0 atom stereocenters. The summed E-state index contributed by atoms with van der Waals surface area (Å²) in [6.07, 6.45) is 4.23. The van der Waals surface area contributed by atoms with Crippen LogP contribution in [0.5, 0.6) is 5.75 Å². The van der Waals surface area contributed by atoms with E-state index in [1.165, 1.54) is 17.3 Å². The Labute approximate surface area is 229 Å². The second-order valence-corrected chi connectivity index (χ2v) is 11.3. The van der Waals surface area contributed by atoms with Gasteiger partial charge in [0, 0.05) is 55.2 Å². The molecule has 3 aliphatic rings. The number of ether oxygens (including phenoxy) is 2. The lowest BCUT2D eigenvalue weighted by Crippen LogP contribution is -2.44. The van der Waals surface area contributed by atoms with Crippen LogP contribution in [-0.2, 0) is 9.53 Å². The zero-order chi connectivity index (χ0) is 27.0. The molecule has 38 heavy (non-hydrogen) atoms. The molecule has 0 spiro atoms. The Kier molecular flexibility index (Phi) is 7.29. The topological polar surface area (TPSA) is 57.6 Å². The number of thioether (sulfide) groups is 1. The van der Waals surface area contributed by atoms with Crippen molar-refractivity contribution in [1.29, 1.82) is 0 Å². The lowest BCUT2D eigenvalue weighted by Gasteiger charge is -2.43. The van der Waals surface area contributed by atoms with Gasteiger partial charge in [-0.2, -0.15) is 0 Å². The zero-order valence-corrected chi connectivity index (χ0v) is 23.9. The van der Waals surface area contributed by atoms with Crippen LogP contribution < -0.4 is 14.5 Å². The molecule has 2 fully saturated rings. The quantitative estimate of drug-likeness (QED) is 0.455. The van der Waals surface area contributed by atoms with E-state index in [1.807, 2.05) is 18.2 Å². The Balaban J connectivity index is 1.43. The van der Waals surface area contributed by atoms with Gasteiger partial charge < -0.3 is 19.3 Å². The third kappa shape index (κ3) is 4.95. The lowest BCUT2D eigenvalue weighted by atomic mass is 9.87. The van der Waals surface area contributed by atoms with Crippen LogP contribution >= 0.6 is 11.8 Å². The van der Waals surface area contributed by atoms with Crippen LogP contribution in [0.25, 0.3) is 11.6 Å². The summed E-state index contributed by atoms with van der Waals surface area (Å²) in [7, 11) is 3.45. The number of likely N-dealkylation sites (N-methyl/N-ethyl adjacent to an activating group) is 2. The molecule has 1 amide bonds. The summed E-state index contributed by atoms with van der Waals surface area (Å²) in [6.45, 7) is 13.0. The molecule has 3 aliphatic heterocycles. The van der Waals surface area contributed by atoms with E-state index in [0.717, 1.165) is 66.8 Å². The highest BCUT2D eigenvalue weighted by Crippen LogP contribution is 2.43. The molecule has 0 bridgehead atoms. The number of allylic oxidation sites excluding steroid dienone is 1. The van der Waals surface area contributed by atoms with E-state index in [9.17, 15) is 4.79 Å². The Hall–Kier alpha value is -3.23.